The van der Waals surface area contributed by atoms with Gasteiger partial charge in [-0.2, -0.15) is 23.2 Å². The average Bonchev–Trinajstić information content (AvgIpc) is 3.38. The van der Waals surface area contributed by atoms with Crippen LogP contribution in [0, 0.1) is 17.1 Å². The lowest BCUT2D eigenvalue weighted by molar-refractivity contribution is -0.147. The Morgan fingerprint density at radius 3 is 2.48 bits per heavy atom. The number of benzene rings is 1. The molecule has 0 radical (unpaired) electrons. The van der Waals surface area contributed by atoms with Crippen molar-refractivity contribution in [2.45, 2.75) is 55.8 Å². The van der Waals surface area contributed by atoms with Gasteiger partial charge < -0.3 is 4.57 Å². The Bertz CT molecular complexity index is 1340. The van der Waals surface area contributed by atoms with Gasteiger partial charge >= 0.3 is 6.18 Å². The van der Waals surface area contributed by atoms with Gasteiger partial charge in [-0.15, -0.1) is 0 Å². The van der Waals surface area contributed by atoms with Crippen molar-refractivity contribution in [3.63, 3.8) is 0 Å². The van der Waals surface area contributed by atoms with E-state index in [0.717, 1.165) is 37.9 Å². The number of nitriles is 1. The molecule has 4 rings (SSSR count). The highest BCUT2D eigenvalue weighted by atomic mass is 32.2. The van der Waals surface area contributed by atoms with E-state index in [4.69, 9.17) is 0 Å². The predicted octanol–water partition coefficient (Wildman–Crippen LogP) is 5.06. The quantitative estimate of drug-likeness (QED) is 0.517. The summed E-state index contributed by atoms with van der Waals surface area (Å²) in [6, 6.07) is 6.55. The van der Waals surface area contributed by atoms with Crippen LogP contribution in [0.2, 0.25) is 0 Å². The summed E-state index contributed by atoms with van der Waals surface area (Å²) in [5.74, 6) is -0.449. The maximum absolute atomic E-state index is 14.1. The van der Waals surface area contributed by atoms with E-state index in [2.05, 4.69) is 11.1 Å². The van der Waals surface area contributed by atoms with E-state index in [0.29, 0.717) is 23.5 Å². The molecule has 0 spiro atoms. The number of halogens is 4. The van der Waals surface area contributed by atoms with E-state index in [-0.39, 0.29) is 17.3 Å². The molecule has 1 atom stereocenters. The van der Waals surface area contributed by atoms with Gasteiger partial charge in [-0.3, -0.25) is 4.98 Å². The molecule has 1 aromatic carbocycles. The largest absolute Gasteiger partial charge is 0.404 e. The molecule has 0 saturated heterocycles. The fraction of sp³-hybridized carbons (Fsp3) is 0.364. The summed E-state index contributed by atoms with van der Waals surface area (Å²) in [6.45, 7) is 0.706. The zero-order valence-corrected chi connectivity index (χ0v) is 18.3. The van der Waals surface area contributed by atoms with Gasteiger partial charge in [0.05, 0.1) is 22.5 Å². The first-order valence-electron chi connectivity index (χ1n) is 10.3. The van der Waals surface area contributed by atoms with Crippen LogP contribution < -0.4 is 4.72 Å². The van der Waals surface area contributed by atoms with E-state index < -0.39 is 33.0 Å². The molecule has 11 heteroatoms. The lowest BCUT2D eigenvalue weighted by atomic mass is 10.1. The lowest BCUT2D eigenvalue weighted by Gasteiger charge is -2.19. The number of hydrogen-bond acceptors (Lipinski definition) is 4. The number of hydrogen-bond donors (Lipinski definition) is 1. The molecule has 1 N–H and O–H groups in total. The minimum Gasteiger partial charge on any atom is -0.335 e. The van der Waals surface area contributed by atoms with Crippen LogP contribution in [0.25, 0.3) is 22.3 Å². The topological polar surface area (TPSA) is 87.8 Å². The van der Waals surface area contributed by atoms with Crippen molar-refractivity contribution in [3.05, 3.63) is 47.9 Å². The minimum atomic E-state index is -4.74. The fourth-order valence-electron chi connectivity index (χ4n) is 4.24. The third kappa shape index (κ3) is 4.32. The van der Waals surface area contributed by atoms with Gasteiger partial charge in [0.1, 0.15) is 22.8 Å². The number of alkyl halides is 3. The molecule has 33 heavy (non-hydrogen) atoms. The average molecular weight is 480 g/mol. The lowest BCUT2D eigenvalue weighted by Crippen LogP contribution is -2.42. The maximum Gasteiger partial charge on any atom is 0.404 e. The molecular weight excluding hydrogens is 460 g/mol. The smallest absolute Gasteiger partial charge is 0.335 e. The number of nitrogens with zero attached hydrogens (tertiary/aromatic N) is 3. The number of pyridine rings is 1. The Hall–Kier alpha value is -2.97. The van der Waals surface area contributed by atoms with Gasteiger partial charge in [0.25, 0.3) is 0 Å². The molecule has 2 aromatic heterocycles. The standard InChI is InChI=1S/C22H20F4N4O2S/c1-13(22(24,25)26)29-33(31,32)16-7-9-19(28-12-16)21-18(11-27)17-8-6-14(23)10-20(17)30(21)15-4-2-3-5-15/h6-10,12-13,15,29H,2-5H2,1H3/t13-/m0/s1. The molecule has 6 nitrogen and oxygen atoms in total. The highest BCUT2D eigenvalue weighted by molar-refractivity contribution is 7.89. The van der Waals surface area contributed by atoms with Crippen LogP contribution in [0.3, 0.4) is 0 Å². The van der Waals surface area contributed by atoms with E-state index in [9.17, 15) is 31.2 Å². The molecule has 1 fully saturated rings. The second-order valence-corrected chi connectivity index (χ2v) is 9.78. The monoisotopic (exact) mass is 480 g/mol. The number of fused-ring (bicyclic) bond motifs is 1. The SMILES string of the molecule is C[C@H](NS(=O)(=O)c1ccc(-c2c(C#N)c3ccc(F)cc3n2C2CCCC2)nc1)C(F)(F)F. The van der Waals surface area contributed by atoms with Crippen molar-refractivity contribution in [1.82, 2.24) is 14.3 Å². The molecule has 0 amide bonds. The predicted molar refractivity (Wildman–Crippen MR) is 113 cm³/mol. The summed E-state index contributed by atoms with van der Waals surface area (Å²) in [7, 11) is -4.47. The van der Waals surface area contributed by atoms with Crippen LogP contribution in [0.15, 0.2) is 41.4 Å². The Morgan fingerprint density at radius 2 is 1.91 bits per heavy atom. The van der Waals surface area contributed by atoms with Crippen LogP contribution in [-0.4, -0.2) is 30.2 Å². The number of sulfonamides is 1. The maximum atomic E-state index is 14.1. The van der Waals surface area contributed by atoms with E-state index in [1.807, 2.05) is 4.57 Å². The van der Waals surface area contributed by atoms with Crippen molar-refractivity contribution in [2.24, 2.45) is 0 Å². The van der Waals surface area contributed by atoms with E-state index in [1.165, 1.54) is 24.3 Å². The van der Waals surface area contributed by atoms with E-state index in [1.54, 1.807) is 4.72 Å². The fourth-order valence-corrected chi connectivity index (χ4v) is 5.41. The molecule has 3 aromatic rings. The van der Waals surface area contributed by atoms with Crippen LogP contribution >= 0.6 is 0 Å². The number of aromatic nitrogens is 2. The summed E-state index contributed by atoms with van der Waals surface area (Å²) >= 11 is 0. The first-order valence-corrected chi connectivity index (χ1v) is 11.8. The zero-order valence-electron chi connectivity index (χ0n) is 17.5. The number of rotatable bonds is 5. The van der Waals surface area contributed by atoms with Gasteiger partial charge in [0, 0.05) is 17.6 Å². The molecule has 1 aliphatic carbocycles. The van der Waals surface area contributed by atoms with Gasteiger partial charge in [-0.25, -0.2) is 12.8 Å². The number of nitrogens with one attached hydrogen (secondary N) is 1. The van der Waals surface area contributed by atoms with Crippen molar-refractivity contribution in [2.75, 3.05) is 0 Å². The Labute approximate surface area is 187 Å². The van der Waals surface area contributed by atoms with Gasteiger partial charge in [-0.05, 0) is 50.1 Å². The third-order valence-electron chi connectivity index (χ3n) is 5.88. The van der Waals surface area contributed by atoms with Crippen molar-refractivity contribution >= 4 is 20.9 Å². The Balaban J connectivity index is 1.81. The summed E-state index contributed by atoms with van der Waals surface area (Å²) in [6.07, 6.45) is -0.143. The molecule has 0 bridgehead atoms. The second kappa shape index (κ2) is 8.43. The zero-order chi connectivity index (χ0) is 24.0. The molecule has 1 aliphatic rings. The summed E-state index contributed by atoms with van der Waals surface area (Å²) < 4.78 is 80.6. The molecule has 2 heterocycles. The third-order valence-corrected chi connectivity index (χ3v) is 7.41. The molecular formula is C22H20F4N4O2S. The molecule has 0 unspecified atom stereocenters. The Kier molecular flexibility index (Phi) is 5.92. The minimum absolute atomic E-state index is 0.0194. The van der Waals surface area contributed by atoms with Gasteiger partial charge in [0.2, 0.25) is 10.0 Å². The van der Waals surface area contributed by atoms with Crippen molar-refractivity contribution in [3.8, 4) is 17.5 Å². The van der Waals surface area contributed by atoms with Crippen LogP contribution in [-0.2, 0) is 10.0 Å². The second-order valence-electron chi connectivity index (χ2n) is 8.07. The van der Waals surface area contributed by atoms with E-state index >= 15 is 0 Å². The van der Waals surface area contributed by atoms with Crippen LogP contribution in [0.1, 0.15) is 44.2 Å². The summed E-state index contributed by atoms with van der Waals surface area (Å²) in [4.78, 5) is 3.74. The van der Waals surface area contributed by atoms with Crippen molar-refractivity contribution in [1.29, 1.82) is 5.26 Å². The first-order chi connectivity index (χ1) is 15.5. The van der Waals surface area contributed by atoms with Crippen molar-refractivity contribution < 1.29 is 26.0 Å². The molecule has 1 saturated carbocycles. The summed E-state index contributed by atoms with van der Waals surface area (Å²) in [5, 5.41) is 10.4. The summed E-state index contributed by atoms with van der Waals surface area (Å²) in [5.41, 5.74) is 1.54. The normalized spacial score (nSPS) is 16.2. The highest BCUT2D eigenvalue weighted by Crippen LogP contribution is 2.41. The first kappa shape index (κ1) is 23.2. The highest BCUT2D eigenvalue weighted by Gasteiger charge is 2.39. The van der Waals surface area contributed by atoms with Gasteiger partial charge in [-0.1, -0.05) is 12.8 Å². The van der Waals surface area contributed by atoms with Crippen LogP contribution in [0.4, 0.5) is 17.6 Å². The van der Waals surface area contributed by atoms with Crippen LogP contribution in [0.5, 0.6) is 0 Å². The van der Waals surface area contributed by atoms with Gasteiger partial charge in [0.15, 0.2) is 0 Å². The molecule has 0 aliphatic heterocycles. The molecule has 174 valence electrons. The Morgan fingerprint density at radius 1 is 1.21 bits per heavy atom.